The monoisotopic (exact) mass is 555 g/mol. The maximum absolute atomic E-state index is 13.1. The van der Waals surface area contributed by atoms with Crippen molar-refractivity contribution < 1.29 is 32.9 Å². The lowest BCUT2D eigenvalue weighted by Gasteiger charge is -2.13. The Kier molecular flexibility index (Phi) is 8.36. The standard InChI is InChI=1S/C26H25N3O7S2/c1-35-18-8-6-17(7-9-18)29-26(32)27-13-14-28-38(33,34)25-21(12-15-37-25)20-4-2-3-5-24(20)36-19-10-11-22(30)23(31)16-19/h2-12,15-16,28,30-31H,13-14H2,1H3,(H2,27,29,32). The topological polar surface area (TPSA) is 146 Å². The van der Waals surface area contributed by atoms with E-state index in [9.17, 15) is 23.4 Å². The van der Waals surface area contributed by atoms with Gasteiger partial charge in [-0.1, -0.05) is 18.2 Å². The van der Waals surface area contributed by atoms with Crippen molar-refractivity contribution in [2.24, 2.45) is 0 Å². The number of benzene rings is 3. The Balaban J connectivity index is 1.40. The Morgan fingerprint density at radius 2 is 1.63 bits per heavy atom. The molecule has 2 amide bonds. The van der Waals surface area contributed by atoms with Crippen molar-refractivity contribution in [1.82, 2.24) is 10.0 Å². The number of nitrogens with one attached hydrogen (secondary N) is 3. The van der Waals surface area contributed by atoms with Gasteiger partial charge < -0.3 is 30.3 Å². The van der Waals surface area contributed by atoms with Crippen molar-refractivity contribution in [3.05, 3.63) is 78.2 Å². The number of phenols is 2. The Morgan fingerprint density at radius 1 is 0.895 bits per heavy atom. The molecule has 0 fully saturated rings. The maximum Gasteiger partial charge on any atom is 0.319 e. The van der Waals surface area contributed by atoms with Crippen LogP contribution in [0.15, 0.2) is 82.4 Å². The second-order valence-corrected chi connectivity index (χ2v) is 10.8. The van der Waals surface area contributed by atoms with Crippen LogP contribution in [0, 0.1) is 0 Å². The van der Waals surface area contributed by atoms with Gasteiger partial charge in [0.15, 0.2) is 11.5 Å². The summed E-state index contributed by atoms with van der Waals surface area (Å²) in [6, 6.07) is 18.9. The smallest absolute Gasteiger partial charge is 0.319 e. The van der Waals surface area contributed by atoms with E-state index in [0.717, 1.165) is 11.3 Å². The van der Waals surface area contributed by atoms with Gasteiger partial charge in [-0.25, -0.2) is 17.9 Å². The van der Waals surface area contributed by atoms with Gasteiger partial charge in [-0.2, -0.15) is 0 Å². The van der Waals surface area contributed by atoms with Crippen LogP contribution in [-0.2, 0) is 10.0 Å². The van der Waals surface area contributed by atoms with Gasteiger partial charge in [-0.05, 0) is 53.9 Å². The molecule has 10 nitrogen and oxygen atoms in total. The van der Waals surface area contributed by atoms with Gasteiger partial charge in [0.05, 0.1) is 7.11 Å². The molecule has 0 unspecified atom stereocenters. The highest BCUT2D eigenvalue weighted by Gasteiger charge is 2.23. The summed E-state index contributed by atoms with van der Waals surface area (Å²) in [7, 11) is -2.36. The predicted octanol–water partition coefficient (Wildman–Crippen LogP) is 4.73. The third-order valence-electron chi connectivity index (χ3n) is 5.28. The van der Waals surface area contributed by atoms with Crippen molar-refractivity contribution in [2.45, 2.75) is 4.21 Å². The quantitative estimate of drug-likeness (QED) is 0.140. The van der Waals surface area contributed by atoms with Gasteiger partial charge in [0.25, 0.3) is 10.0 Å². The lowest BCUT2D eigenvalue weighted by Crippen LogP contribution is -2.36. The average Bonchev–Trinajstić information content (AvgIpc) is 3.41. The van der Waals surface area contributed by atoms with Gasteiger partial charge >= 0.3 is 6.03 Å². The van der Waals surface area contributed by atoms with E-state index < -0.39 is 16.1 Å². The molecule has 4 aromatic rings. The van der Waals surface area contributed by atoms with Crippen molar-refractivity contribution in [3.63, 3.8) is 0 Å². The Bertz CT molecular complexity index is 1520. The number of aromatic hydroxyl groups is 2. The number of carbonyl (C=O) groups is 1. The molecule has 0 aliphatic carbocycles. The zero-order chi connectivity index (χ0) is 27.1. The van der Waals surface area contributed by atoms with Crippen LogP contribution in [0.4, 0.5) is 10.5 Å². The number of hydrogen-bond acceptors (Lipinski definition) is 8. The Labute approximate surface area is 223 Å². The molecule has 0 atom stereocenters. The Morgan fingerprint density at radius 3 is 2.37 bits per heavy atom. The third kappa shape index (κ3) is 6.54. The largest absolute Gasteiger partial charge is 0.504 e. The molecule has 12 heteroatoms. The summed E-state index contributed by atoms with van der Waals surface area (Å²) < 4.78 is 39.7. The zero-order valence-electron chi connectivity index (χ0n) is 20.2. The van der Waals surface area contributed by atoms with Crippen molar-refractivity contribution in [3.8, 4) is 39.9 Å². The molecule has 0 saturated heterocycles. The summed E-state index contributed by atoms with van der Waals surface area (Å²) in [4.78, 5) is 12.1. The highest BCUT2D eigenvalue weighted by atomic mass is 32.2. The number of methoxy groups -OCH3 is 1. The van der Waals surface area contributed by atoms with Crippen molar-refractivity contribution in [2.75, 3.05) is 25.5 Å². The van der Waals surface area contributed by atoms with Crippen molar-refractivity contribution >= 4 is 33.1 Å². The van der Waals surface area contributed by atoms with E-state index in [-0.39, 0.29) is 34.5 Å². The molecule has 0 aliphatic heterocycles. The molecule has 0 radical (unpaired) electrons. The van der Waals surface area contributed by atoms with Crippen LogP contribution in [0.5, 0.6) is 28.7 Å². The predicted molar refractivity (Wildman–Crippen MR) is 145 cm³/mol. The zero-order valence-corrected chi connectivity index (χ0v) is 21.8. The second kappa shape index (κ2) is 11.9. The first kappa shape index (κ1) is 26.8. The molecule has 0 spiro atoms. The van der Waals surface area contributed by atoms with Gasteiger partial charge in [-0.3, -0.25) is 0 Å². The number of phenolic OH excluding ortho intramolecular Hbond substituents is 2. The van der Waals surface area contributed by atoms with Crippen LogP contribution in [0.25, 0.3) is 11.1 Å². The third-order valence-corrected chi connectivity index (χ3v) is 8.22. The molecule has 3 aromatic carbocycles. The molecule has 0 aliphatic rings. The number of anilines is 1. The number of thiophene rings is 1. The minimum atomic E-state index is -3.91. The van der Waals surface area contributed by atoms with E-state index in [4.69, 9.17) is 9.47 Å². The summed E-state index contributed by atoms with van der Waals surface area (Å²) >= 11 is 1.05. The first-order chi connectivity index (χ1) is 18.3. The normalized spacial score (nSPS) is 11.1. The number of hydrogen-bond donors (Lipinski definition) is 5. The molecule has 198 valence electrons. The number of urea groups is 1. The maximum atomic E-state index is 13.1. The summed E-state index contributed by atoms with van der Waals surface area (Å²) in [5, 5.41) is 26.2. The molecule has 0 saturated carbocycles. The number of para-hydroxylation sites is 1. The number of rotatable bonds is 10. The van der Waals surface area contributed by atoms with E-state index >= 15 is 0 Å². The summed E-state index contributed by atoms with van der Waals surface area (Å²) in [6.07, 6.45) is 0. The average molecular weight is 556 g/mol. The van der Waals surface area contributed by atoms with E-state index in [1.807, 2.05) is 0 Å². The second-order valence-electron chi connectivity index (χ2n) is 7.88. The van der Waals surface area contributed by atoms with Crippen LogP contribution >= 0.6 is 11.3 Å². The summed E-state index contributed by atoms with van der Waals surface area (Å²) in [5.41, 5.74) is 1.53. The van der Waals surface area contributed by atoms with Crippen LogP contribution in [0.3, 0.4) is 0 Å². The number of ether oxygens (including phenoxy) is 2. The minimum Gasteiger partial charge on any atom is -0.504 e. The van der Waals surface area contributed by atoms with Gasteiger partial charge in [0, 0.05) is 36.0 Å². The van der Waals surface area contributed by atoms with Crippen LogP contribution in [-0.4, -0.2) is 44.9 Å². The van der Waals surface area contributed by atoms with Crippen LogP contribution in [0.1, 0.15) is 0 Å². The number of amides is 2. The highest BCUT2D eigenvalue weighted by molar-refractivity contribution is 7.91. The fourth-order valence-corrected chi connectivity index (χ4v) is 5.90. The van der Waals surface area contributed by atoms with E-state index in [1.165, 1.54) is 18.2 Å². The van der Waals surface area contributed by atoms with E-state index in [1.54, 1.807) is 67.1 Å². The van der Waals surface area contributed by atoms with Crippen LogP contribution < -0.4 is 24.8 Å². The van der Waals surface area contributed by atoms with Gasteiger partial charge in [0.1, 0.15) is 21.5 Å². The van der Waals surface area contributed by atoms with E-state index in [0.29, 0.717) is 28.3 Å². The van der Waals surface area contributed by atoms with Gasteiger partial charge in [0.2, 0.25) is 0 Å². The van der Waals surface area contributed by atoms with Crippen LogP contribution in [0.2, 0.25) is 0 Å². The number of carbonyl (C=O) groups excluding carboxylic acids is 1. The fraction of sp³-hybridized carbons (Fsp3) is 0.115. The number of sulfonamides is 1. The minimum absolute atomic E-state index is 0.0271. The first-order valence-corrected chi connectivity index (χ1v) is 13.7. The lowest BCUT2D eigenvalue weighted by atomic mass is 10.1. The molecular weight excluding hydrogens is 530 g/mol. The Hall–Kier alpha value is -4.26. The fourth-order valence-electron chi connectivity index (χ4n) is 3.45. The highest BCUT2D eigenvalue weighted by Crippen LogP contribution is 2.40. The molecule has 0 bridgehead atoms. The molecule has 38 heavy (non-hydrogen) atoms. The van der Waals surface area contributed by atoms with E-state index in [2.05, 4.69) is 15.4 Å². The molecular formula is C26H25N3O7S2. The molecule has 4 rings (SSSR count). The van der Waals surface area contributed by atoms with Crippen molar-refractivity contribution in [1.29, 1.82) is 0 Å². The first-order valence-electron chi connectivity index (χ1n) is 11.3. The summed E-state index contributed by atoms with van der Waals surface area (Å²) in [5.74, 6) is 0.672. The summed E-state index contributed by atoms with van der Waals surface area (Å²) in [6.45, 7) is 0.0343. The van der Waals surface area contributed by atoms with Gasteiger partial charge in [-0.15, -0.1) is 11.3 Å². The SMILES string of the molecule is COc1ccc(NC(=O)NCCNS(=O)(=O)c2sccc2-c2ccccc2Oc2ccc(O)c(O)c2)cc1. The molecule has 5 N–H and O–H groups in total. The molecule has 1 heterocycles. The lowest BCUT2D eigenvalue weighted by molar-refractivity contribution is 0.252. The molecule has 1 aromatic heterocycles.